The predicted octanol–water partition coefficient (Wildman–Crippen LogP) is 21.3. The van der Waals surface area contributed by atoms with E-state index in [9.17, 15) is 77.2 Å². The Bertz CT molecular complexity index is 4250. The zero-order chi connectivity index (χ0) is 95.1. The molecule has 0 aromatic heterocycles. The molecule has 7 aliphatic heterocycles. The van der Waals surface area contributed by atoms with Crippen molar-refractivity contribution < 1.29 is 143 Å². The maximum absolute atomic E-state index is 13.1. The molecule has 31 nitrogen and oxygen atoms in total. The number of cyclic esters (lactones) is 4. The highest BCUT2D eigenvalue weighted by Crippen LogP contribution is 2.66. The van der Waals surface area contributed by atoms with Gasteiger partial charge < -0.3 is 71.1 Å². The largest absolute Gasteiger partial charge is 0.465 e. The molecular formula is C109H191NO30. The Morgan fingerprint density at radius 1 is 0.407 bits per heavy atom. The molecule has 0 N–H and O–H groups in total. The maximum atomic E-state index is 13.1. The summed E-state index contributed by atoms with van der Waals surface area (Å²) in [6.07, 6.45) is 12.3. The highest BCUT2D eigenvalue weighted by molar-refractivity contribution is 5.87. The van der Waals surface area contributed by atoms with E-state index in [1.807, 2.05) is 132 Å². The van der Waals surface area contributed by atoms with Crippen molar-refractivity contribution in [1.29, 1.82) is 5.26 Å². The van der Waals surface area contributed by atoms with Crippen molar-refractivity contribution in [3.8, 4) is 6.07 Å². The van der Waals surface area contributed by atoms with Crippen LogP contribution in [0, 0.1) is 125 Å². The van der Waals surface area contributed by atoms with Crippen molar-refractivity contribution in [2.75, 3.05) is 26.4 Å². The van der Waals surface area contributed by atoms with E-state index < -0.39 is 96.2 Å². The maximum Gasteiger partial charge on any atom is 0.347 e. The summed E-state index contributed by atoms with van der Waals surface area (Å²) in [4.78, 5) is 178. The van der Waals surface area contributed by atoms with E-state index in [0.717, 1.165) is 70.6 Å². The van der Waals surface area contributed by atoms with Gasteiger partial charge in [0.1, 0.15) is 60.5 Å². The van der Waals surface area contributed by atoms with Crippen LogP contribution in [0.1, 0.15) is 396 Å². The molecule has 22 unspecified atom stereocenters. The van der Waals surface area contributed by atoms with Crippen LogP contribution in [-0.2, 0) is 143 Å². The van der Waals surface area contributed by atoms with Crippen molar-refractivity contribution in [2.45, 2.75) is 462 Å². The molecule has 7 heterocycles. The minimum Gasteiger partial charge on any atom is -0.465 e. The van der Waals surface area contributed by atoms with Gasteiger partial charge in [-0.05, 0) is 231 Å². The third-order valence-electron chi connectivity index (χ3n) is 31.8. The minimum absolute atomic E-state index is 0. The monoisotopic (exact) mass is 1990 g/mol. The standard InChI is InChI=1S/C21H30O6.C15H19NO4.C15H22O4.C14H20O4.C12H20O4.2C10H16O4.12CH4/c1-4-19(2,3)17(23)27-21-10-13-7-14(11-21)9-20(8-13,12-21)18(24)26-15-5-6-25-16(15)22;1-4-14(2,3)12(17)19-10-8-5-9-11(10)20-13(18)15(9,6-8)7-16;1-5-15(3,4)14(17)19-11-8-6-9-10(7(8)2)13(16)18-12(9)11;1-4-14(2,3)13(16)18-10-7-5-8-9(6-7)12(15)17-11(8)10;1-5-11(2,3)10(14)16-12(4)6-7-15-9(13)8-12;1-4-10(2,3)9(12)14-7-5-8(11)13-6-7;1-4-10(2,3)9(12)14-7-5-6-13-8(7)11;;;;;;;;;;;;/h13-15H,4-12H2,1-3H3;8-11H,4-6H2,1-3H3;7-12H,5-6H2,1-4H3;7-11H,4-6H2,1-3H3;5-8H2,1-4H3;2*7H,4-6H2,1-3H3;12*1H4. The van der Waals surface area contributed by atoms with Crippen LogP contribution in [0.15, 0.2) is 0 Å². The Balaban J connectivity index is -0.00000156. The lowest BCUT2D eigenvalue weighted by Crippen LogP contribution is -2.60. The minimum atomic E-state index is -0.974. The Morgan fingerprint density at radius 2 is 0.829 bits per heavy atom. The molecule has 10 bridgehead atoms. The summed E-state index contributed by atoms with van der Waals surface area (Å²) in [5.74, 6) is -1.61. The number of carbonyl (C=O) groups excluding carboxylic acids is 15. The van der Waals surface area contributed by atoms with Crippen molar-refractivity contribution >= 4 is 89.5 Å². The average molecular weight is 2000 g/mol. The van der Waals surface area contributed by atoms with Gasteiger partial charge in [0.15, 0.2) is 5.41 Å². The van der Waals surface area contributed by atoms with E-state index in [0.29, 0.717) is 114 Å². The van der Waals surface area contributed by atoms with E-state index in [1.165, 1.54) is 0 Å². The zero-order valence-corrected chi connectivity index (χ0v) is 79.8. The molecule has 0 spiro atoms. The number of hydrogen-bond donors (Lipinski definition) is 0. The lowest BCUT2D eigenvalue weighted by atomic mass is 9.48. The van der Waals surface area contributed by atoms with Crippen molar-refractivity contribution in [1.82, 2.24) is 0 Å². The Kier molecular flexibility index (Phi) is 50.2. The first-order valence-electron chi connectivity index (χ1n) is 47.0. The molecule has 140 heavy (non-hydrogen) atoms. The van der Waals surface area contributed by atoms with Gasteiger partial charge in [-0.1, -0.05) is 145 Å². The molecule has 17 aliphatic rings. The lowest BCUT2D eigenvalue weighted by molar-refractivity contribution is -0.219. The van der Waals surface area contributed by atoms with Gasteiger partial charge in [-0.3, -0.25) is 62.3 Å². The molecule has 17 rings (SSSR count). The number of fused-ring (bicyclic) bond motifs is 3. The molecular weight excluding hydrogens is 1800 g/mol. The first-order chi connectivity index (χ1) is 59.5. The zero-order valence-electron chi connectivity index (χ0n) is 79.8. The second kappa shape index (κ2) is 51.9. The molecule has 10 aliphatic carbocycles. The van der Waals surface area contributed by atoms with Crippen LogP contribution >= 0.6 is 0 Å². The summed E-state index contributed by atoms with van der Waals surface area (Å²) in [5, 5.41) is 9.31. The van der Waals surface area contributed by atoms with E-state index in [1.54, 1.807) is 20.8 Å². The summed E-state index contributed by atoms with van der Waals surface area (Å²) in [5.41, 5.74) is -6.32. The fourth-order valence-electron chi connectivity index (χ4n) is 20.4. The predicted molar refractivity (Wildman–Crippen MR) is 534 cm³/mol. The summed E-state index contributed by atoms with van der Waals surface area (Å²) in [7, 11) is 0. The van der Waals surface area contributed by atoms with Gasteiger partial charge in [-0.2, -0.15) is 5.26 Å². The van der Waals surface area contributed by atoms with Crippen LogP contribution in [0.25, 0.3) is 0 Å². The Labute approximate surface area is 842 Å². The van der Waals surface area contributed by atoms with Crippen molar-refractivity contribution in [3.05, 3.63) is 0 Å². The highest BCUT2D eigenvalue weighted by Gasteiger charge is 2.73. The van der Waals surface area contributed by atoms with Gasteiger partial charge in [0, 0.05) is 61.2 Å². The molecule has 0 radical (unpaired) electrons. The molecule has 17 fully saturated rings. The number of esters is 15. The molecule has 0 amide bonds. The van der Waals surface area contributed by atoms with Gasteiger partial charge >= 0.3 is 89.5 Å². The van der Waals surface area contributed by atoms with Crippen LogP contribution in [0.5, 0.6) is 0 Å². The third-order valence-corrected chi connectivity index (χ3v) is 31.8. The van der Waals surface area contributed by atoms with Crippen LogP contribution in [-0.4, -0.2) is 182 Å². The second-order valence-electron chi connectivity index (χ2n) is 43.7. The van der Waals surface area contributed by atoms with Gasteiger partial charge in [-0.15, -0.1) is 0 Å². The molecule has 22 atom stereocenters. The Hall–Kier alpha value is -8.46. The van der Waals surface area contributed by atoms with Gasteiger partial charge in [0.05, 0.1) is 93.9 Å². The smallest absolute Gasteiger partial charge is 0.347 e. The highest BCUT2D eigenvalue weighted by atomic mass is 16.6. The quantitative estimate of drug-likeness (QED) is 0.0677. The number of hydrogen-bond acceptors (Lipinski definition) is 31. The van der Waals surface area contributed by atoms with Crippen molar-refractivity contribution in [3.63, 3.8) is 0 Å². The number of carbonyl (C=O) groups is 15. The summed E-state index contributed by atoms with van der Waals surface area (Å²) >= 11 is 0. The molecule has 0 aromatic carbocycles. The fourth-order valence-corrected chi connectivity index (χ4v) is 20.4. The number of nitrogens with zero attached hydrogens (tertiary/aromatic N) is 1. The molecule has 812 valence electrons. The lowest BCUT2D eigenvalue weighted by Gasteiger charge is -2.60. The molecule has 7 saturated heterocycles. The third kappa shape index (κ3) is 28.6. The van der Waals surface area contributed by atoms with Crippen LogP contribution in [0.2, 0.25) is 0 Å². The SMILES string of the molecule is C.C.C.C.C.C.C.C.C.C.C.C.CCC(C)(C)C(=O)OC1(C)CCOC(=O)C1.CCC(C)(C)C(=O)OC12CC3CC(C1)CC(C(=O)OC1CCOC1=O)(C3)C2.CCC(C)(C)C(=O)OC1C2CC3C(=O)OC1C3C2.CCC(C)(C)C(=O)OC1C2CC3C1OC(=O)C3(C#N)C2.CCC(C)(C)C(=O)OC1C2CC3C1OC(=O)C3C2C.CCC(C)(C)C(=O)OC1CCOC1=O.CCC(C)(C)C(=O)OC1COC(=O)C1. The van der Waals surface area contributed by atoms with E-state index in [-0.39, 0.29) is 252 Å². The first kappa shape index (κ1) is 136. The van der Waals surface area contributed by atoms with Crippen LogP contribution in [0.4, 0.5) is 0 Å². The number of ether oxygens (including phenoxy) is 15. The second-order valence-corrected chi connectivity index (χ2v) is 43.7. The van der Waals surface area contributed by atoms with Crippen LogP contribution in [0.3, 0.4) is 0 Å². The van der Waals surface area contributed by atoms with E-state index >= 15 is 0 Å². The average Bonchev–Trinajstić information content (AvgIpc) is 1.57. The summed E-state index contributed by atoms with van der Waals surface area (Å²) < 4.78 is 79.8. The van der Waals surface area contributed by atoms with Gasteiger partial charge in [0.25, 0.3) is 0 Å². The first-order valence-corrected chi connectivity index (χ1v) is 47.0. The van der Waals surface area contributed by atoms with Crippen molar-refractivity contribution in [2.24, 2.45) is 114 Å². The Morgan fingerprint density at radius 3 is 1.26 bits per heavy atom. The molecule has 31 heteroatoms. The molecule has 10 saturated carbocycles. The van der Waals surface area contributed by atoms with Gasteiger partial charge in [-0.25, -0.2) is 9.59 Å². The number of nitriles is 1. The molecule has 0 aromatic rings. The fraction of sp³-hybridized carbons (Fsp3) is 0.853. The normalized spacial score (nSPS) is 32.2. The van der Waals surface area contributed by atoms with Gasteiger partial charge in [0.2, 0.25) is 12.2 Å². The number of rotatable bonds is 23. The summed E-state index contributed by atoms with van der Waals surface area (Å²) in [6, 6.07) is 2.15. The summed E-state index contributed by atoms with van der Waals surface area (Å²) in [6.45, 7) is 44.8. The van der Waals surface area contributed by atoms with Crippen LogP contribution < -0.4 is 0 Å². The topological polar surface area (TPSA) is 418 Å². The van der Waals surface area contributed by atoms with E-state index in [2.05, 4.69) is 13.0 Å². The van der Waals surface area contributed by atoms with E-state index in [4.69, 9.17) is 71.1 Å².